The van der Waals surface area contributed by atoms with Gasteiger partial charge < -0.3 is 10.4 Å². The monoisotopic (exact) mass is 277 g/mol. The molecule has 1 aliphatic carbocycles. The van der Waals surface area contributed by atoms with Gasteiger partial charge in [-0.15, -0.1) is 0 Å². The summed E-state index contributed by atoms with van der Waals surface area (Å²) in [5.74, 6) is 0.610. The van der Waals surface area contributed by atoms with Gasteiger partial charge in [0.25, 0.3) is 5.91 Å². The zero-order valence-electron chi connectivity index (χ0n) is 12.2. The molecule has 2 unspecified atom stereocenters. The maximum atomic E-state index is 12.2. The lowest BCUT2D eigenvalue weighted by molar-refractivity contribution is 0.0908. The third-order valence-corrected chi connectivity index (χ3v) is 4.17. The standard InChI is InChI=1S/C15H23N3O2/c1-10-7-14(11(2)18-17-10)15(20)16-8-12-5-3-4-6-13(12)9-19/h7,12-13,19H,3-6,8-9H2,1-2H3,(H,16,20). The summed E-state index contributed by atoms with van der Waals surface area (Å²) in [6, 6.07) is 1.77. The molecule has 1 aliphatic rings. The SMILES string of the molecule is Cc1cc(C(=O)NCC2CCCCC2CO)c(C)nn1. The Hall–Kier alpha value is -1.49. The third-order valence-electron chi connectivity index (χ3n) is 4.17. The first-order valence-corrected chi connectivity index (χ1v) is 7.31. The van der Waals surface area contributed by atoms with Crippen LogP contribution in [0.15, 0.2) is 6.07 Å². The van der Waals surface area contributed by atoms with Gasteiger partial charge in [-0.2, -0.15) is 10.2 Å². The number of hydrogen-bond acceptors (Lipinski definition) is 4. The molecule has 1 aromatic rings. The van der Waals surface area contributed by atoms with Crippen molar-refractivity contribution in [2.75, 3.05) is 13.2 Å². The van der Waals surface area contributed by atoms with E-state index in [1.54, 1.807) is 13.0 Å². The topological polar surface area (TPSA) is 75.1 Å². The van der Waals surface area contributed by atoms with Crippen LogP contribution in [0.4, 0.5) is 0 Å². The number of nitrogens with zero attached hydrogens (tertiary/aromatic N) is 2. The maximum Gasteiger partial charge on any atom is 0.253 e. The number of nitrogens with one attached hydrogen (secondary N) is 1. The average Bonchev–Trinajstić information content (AvgIpc) is 2.47. The number of amides is 1. The molecule has 2 atom stereocenters. The third kappa shape index (κ3) is 3.54. The van der Waals surface area contributed by atoms with Crippen molar-refractivity contribution in [3.63, 3.8) is 0 Å². The fourth-order valence-electron chi connectivity index (χ4n) is 2.89. The molecule has 0 aliphatic heterocycles. The molecular formula is C15H23N3O2. The second-order valence-electron chi connectivity index (χ2n) is 5.68. The molecule has 1 amide bonds. The molecule has 0 bridgehead atoms. The molecule has 0 saturated heterocycles. The molecule has 5 heteroatoms. The Morgan fingerprint density at radius 1 is 1.30 bits per heavy atom. The van der Waals surface area contributed by atoms with Crippen LogP contribution in [0, 0.1) is 25.7 Å². The minimum absolute atomic E-state index is 0.0947. The molecule has 0 spiro atoms. The summed E-state index contributed by atoms with van der Waals surface area (Å²) < 4.78 is 0. The fourth-order valence-corrected chi connectivity index (χ4v) is 2.89. The van der Waals surface area contributed by atoms with Gasteiger partial charge in [0.05, 0.1) is 17.0 Å². The summed E-state index contributed by atoms with van der Waals surface area (Å²) in [5, 5.41) is 20.3. The average molecular weight is 277 g/mol. The van der Waals surface area contributed by atoms with Crippen molar-refractivity contribution in [2.45, 2.75) is 39.5 Å². The van der Waals surface area contributed by atoms with E-state index in [1.807, 2.05) is 6.92 Å². The zero-order chi connectivity index (χ0) is 14.5. The molecule has 5 nitrogen and oxygen atoms in total. The number of hydrogen-bond donors (Lipinski definition) is 2. The number of rotatable bonds is 4. The summed E-state index contributed by atoms with van der Waals surface area (Å²) in [6.07, 6.45) is 4.51. The number of carbonyl (C=O) groups excluding carboxylic acids is 1. The smallest absolute Gasteiger partial charge is 0.253 e. The van der Waals surface area contributed by atoms with Gasteiger partial charge in [0.1, 0.15) is 0 Å². The largest absolute Gasteiger partial charge is 0.396 e. The quantitative estimate of drug-likeness (QED) is 0.877. The molecule has 0 aromatic carbocycles. The minimum atomic E-state index is -0.0947. The fraction of sp³-hybridized carbons (Fsp3) is 0.667. The van der Waals surface area contributed by atoms with E-state index in [2.05, 4.69) is 15.5 Å². The lowest BCUT2D eigenvalue weighted by Crippen LogP contribution is -2.35. The number of carbonyl (C=O) groups is 1. The van der Waals surface area contributed by atoms with E-state index in [9.17, 15) is 9.90 Å². The van der Waals surface area contributed by atoms with E-state index in [0.717, 1.165) is 18.5 Å². The molecule has 20 heavy (non-hydrogen) atoms. The highest BCUT2D eigenvalue weighted by Gasteiger charge is 2.25. The van der Waals surface area contributed by atoms with E-state index < -0.39 is 0 Å². The first kappa shape index (κ1) is 14.9. The van der Waals surface area contributed by atoms with Crippen molar-refractivity contribution in [1.82, 2.24) is 15.5 Å². The summed E-state index contributed by atoms with van der Waals surface area (Å²) in [7, 11) is 0. The molecular weight excluding hydrogens is 254 g/mol. The zero-order valence-corrected chi connectivity index (χ0v) is 12.2. The predicted molar refractivity (Wildman–Crippen MR) is 76.4 cm³/mol. The van der Waals surface area contributed by atoms with E-state index in [4.69, 9.17) is 0 Å². The van der Waals surface area contributed by atoms with Crippen molar-refractivity contribution in [2.24, 2.45) is 11.8 Å². The van der Waals surface area contributed by atoms with Gasteiger partial charge in [0, 0.05) is 13.2 Å². The number of aryl methyl sites for hydroxylation is 2. The lowest BCUT2D eigenvalue weighted by atomic mass is 9.79. The highest BCUT2D eigenvalue weighted by atomic mass is 16.3. The first-order valence-electron chi connectivity index (χ1n) is 7.31. The van der Waals surface area contributed by atoms with E-state index in [1.165, 1.54) is 12.8 Å². The molecule has 2 N–H and O–H groups in total. The van der Waals surface area contributed by atoms with Gasteiger partial charge in [-0.1, -0.05) is 12.8 Å². The van der Waals surface area contributed by atoms with Crippen molar-refractivity contribution in [1.29, 1.82) is 0 Å². The maximum absolute atomic E-state index is 12.2. The second-order valence-corrected chi connectivity index (χ2v) is 5.68. The second kappa shape index (κ2) is 6.79. The van der Waals surface area contributed by atoms with Crippen LogP contribution in [0.1, 0.15) is 47.4 Å². The van der Waals surface area contributed by atoms with Crippen LogP contribution in [0.2, 0.25) is 0 Å². The van der Waals surface area contributed by atoms with Crippen LogP contribution < -0.4 is 5.32 Å². The molecule has 1 fully saturated rings. The Morgan fingerprint density at radius 2 is 2.00 bits per heavy atom. The van der Waals surface area contributed by atoms with Crippen LogP contribution in [0.3, 0.4) is 0 Å². The Labute approximate surface area is 119 Å². The van der Waals surface area contributed by atoms with Gasteiger partial charge in [-0.3, -0.25) is 4.79 Å². The first-order chi connectivity index (χ1) is 9.61. The van der Waals surface area contributed by atoms with Gasteiger partial charge in [-0.25, -0.2) is 0 Å². The highest BCUT2D eigenvalue weighted by Crippen LogP contribution is 2.29. The van der Waals surface area contributed by atoms with Crippen LogP contribution in [-0.4, -0.2) is 34.4 Å². The van der Waals surface area contributed by atoms with Crippen LogP contribution in [0.5, 0.6) is 0 Å². The molecule has 1 saturated carbocycles. The van der Waals surface area contributed by atoms with Gasteiger partial charge >= 0.3 is 0 Å². The van der Waals surface area contributed by atoms with Crippen molar-refractivity contribution >= 4 is 5.91 Å². The van der Waals surface area contributed by atoms with Crippen molar-refractivity contribution in [3.8, 4) is 0 Å². The molecule has 2 rings (SSSR count). The Kier molecular flexibility index (Phi) is 5.06. The minimum Gasteiger partial charge on any atom is -0.396 e. The van der Waals surface area contributed by atoms with Gasteiger partial charge in [-0.05, 0) is 44.6 Å². The summed E-state index contributed by atoms with van der Waals surface area (Å²) >= 11 is 0. The van der Waals surface area contributed by atoms with E-state index >= 15 is 0 Å². The molecule has 110 valence electrons. The van der Waals surface area contributed by atoms with Crippen molar-refractivity contribution in [3.05, 3.63) is 23.0 Å². The van der Waals surface area contributed by atoms with E-state index in [0.29, 0.717) is 29.6 Å². The highest BCUT2D eigenvalue weighted by molar-refractivity contribution is 5.95. The number of aliphatic hydroxyl groups is 1. The van der Waals surface area contributed by atoms with Gasteiger partial charge in [0.2, 0.25) is 0 Å². The summed E-state index contributed by atoms with van der Waals surface area (Å²) in [5.41, 5.74) is 1.98. The Morgan fingerprint density at radius 3 is 2.70 bits per heavy atom. The molecule has 1 heterocycles. The van der Waals surface area contributed by atoms with Crippen LogP contribution >= 0.6 is 0 Å². The summed E-state index contributed by atoms with van der Waals surface area (Å²) in [4.78, 5) is 12.2. The molecule has 0 radical (unpaired) electrons. The number of aliphatic hydroxyl groups excluding tert-OH is 1. The van der Waals surface area contributed by atoms with Crippen LogP contribution in [0.25, 0.3) is 0 Å². The van der Waals surface area contributed by atoms with E-state index in [-0.39, 0.29) is 12.5 Å². The molecule has 1 aromatic heterocycles. The summed E-state index contributed by atoms with van der Waals surface area (Å²) in [6.45, 7) is 4.46. The van der Waals surface area contributed by atoms with Gasteiger partial charge in [0.15, 0.2) is 0 Å². The van der Waals surface area contributed by atoms with Crippen LogP contribution in [-0.2, 0) is 0 Å². The number of aromatic nitrogens is 2. The normalized spacial score (nSPS) is 22.6. The lowest BCUT2D eigenvalue weighted by Gasteiger charge is -2.30. The Bertz CT molecular complexity index is 476. The predicted octanol–water partition coefficient (Wildman–Crippen LogP) is 1.62. The Balaban J connectivity index is 1.96. The van der Waals surface area contributed by atoms with Crippen molar-refractivity contribution < 1.29 is 9.90 Å².